The van der Waals surface area contributed by atoms with E-state index in [0.717, 1.165) is 25.2 Å². The largest absolute Gasteiger partial charge is 0.371 e. The van der Waals surface area contributed by atoms with Crippen molar-refractivity contribution in [1.29, 1.82) is 0 Å². The van der Waals surface area contributed by atoms with E-state index < -0.39 is 0 Å². The van der Waals surface area contributed by atoms with Gasteiger partial charge in [-0.3, -0.25) is 0 Å². The van der Waals surface area contributed by atoms with E-state index in [1.165, 1.54) is 0 Å². The Morgan fingerprint density at radius 3 is 2.80 bits per heavy atom. The number of aliphatic imine (C=N–C) groups is 1. The molecule has 0 unspecified atom stereocenters. The molecule has 0 rings (SSSR count). The second-order valence-corrected chi connectivity index (χ2v) is 2.09. The monoisotopic (exact) mass is 140 g/mol. The first-order valence-corrected chi connectivity index (χ1v) is 3.76. The zero-order chi connectivity index (χ0) is 7.82. The topological polar surface area (TPSA) is 24.4 Å². The molecule has 0 amide bonds. The SMILES string of the molecule is C=C(/N=C\CC)NCCC. The molecule has 0 aliphatic heterocycles. The molecule has 0 aliphatic rings. The smallest absolute Gasteiger partial charge is 0.118 e. The Morgan fingerprint density at radius 1 is 1.60 bits per heavy atom. The van der Waals surface area contributed by atoms with Gasteiger partial charge in [0.1, 0.15) is 5.82 Å². The van der Waals surface area contributed by atoms with Gasteiger partial charge in [0.25, 0.3) is 0 Å². The zero-order valence-electron chi connectivity index (χ0n) is 6.85. The number of rotatable bonds is 5. The molecule has 58 valence electrons. The van der Waals surface area contributed by atoms with Crippen LogP contribution in [-0.4, -0.2) is 12.8 Å². The fraction of sp³-hybridized carbons (Fsp3) is 0.625. The highest BCUT2D eigenvalue weighted by molar-refractivity contribution is 5.57. The first-order valence-electron chi connectivity index (χ1n) is 3.76. The fourth-order valence-electron chi connectivity index (χ4n) is 0.516. The molecule has 2 heteroatoms. The van der Waals surface area contributed by atoms with Gasteiger partial charge in [-0.1, -0.05) is 20.4 Å². The van der Waals surface area contributed by atoms with Crippen molar-refractivity contribution in [2.75, 3.05) is 6.54 Å². The maximum absolute atomic E-state index is 4.05. The number of hydrogen-bond donors (Lipinski definition) is 1. The van der Waals surface area contributed by atoms with Crippen molar-refractivity contribution >= 4 is 6.21 Å². The minimum atomic E-state index is 0.767. The summed E-state index contributed by atoms with van der Waals surface area (Å²) in [5.74, 6) is 0.767. The van der Waals surface area contributed by atoms with Crippen LogP contribution in [0.4, 0.5) is 0 Å². The fourth-order valence-corrected chi connectivity index (χ4v) is 0.516. The van der Waals surface area contributed by atoms with E-state index in [-0.39, 0.29) is 0 Å². The van der Waals surface area contributed by atoms with Crippen LogP contribution in [0.15, 0.2) is 17.4 Å². The van der Waals surface area contributed by atoms with Crippen molar-refractivity contribution in [3.63, 3.8) is 0 Å². The Balaban J connectivity index is 3.34. The molecule has 0 spiro atoms. The van der Waals surface area contributed by atoms with E-state index in [1.807, 2.05) is 6.21 Å². The molecule has 10 heavy (non-hydrogen) atoms. The number of nitrogens with one attached hydrogen (secondary N) is 1. The lowest BCUT2D eigenvalue weighted by molar-refractivity contribution is 0.765. The van der Waals surface area contributed by atoms with Gasteiger partial charge in [-0.25, -0.2) is 4.99 Å². The van der Waals surface area contributed by atoms with Gasteiger partial charge < -0.3 is 5.32 Å². The molecule has 0 atom stereocenters. The maximum Gasteiger partial charge on any atom is 0.118 e. The molecule has 0 heterocycles. The number of nitrogens with zero attached hydrogens (tertiary/aromatic N) is 1. The van der Waals surface area contributed by atoms with Crippen molar-refractivity contribution in [2.45, 2.75) is 26.7 Å². The van der Waals surface area contributed by atoms with Crippen LogP contribution < -0.4 is 5.32 Å². The van der Waals surface area contributed by atoms with Gasteiger partial charge >= 0.3 is 0 Å². The van der Waals surface area contributed by atoms with E-state index in [4.69, 9.17) is 0 Å². The molecule has 0 aliphatic carbocycles. The third kappa shape index (κ3) is 5.35. The van der Waals surface area contributed by atoms with E-state index in [1.54, 1.807) is 0 Å². The van der Waals surface area contributed by atoms with Crippen molar-refractivity contribution in [3.8, 4) is 0 Å². The normalized spacial score (nSPS) is 10.2. The summed E-state index contributed by atoms with van der Waals surface area (Å²) in [6, 6.07) is 0. The lowest BCUT2D eigenvalue weighted by atomic mass is 10.5. The molecular formula is C8H16N2. The van der Waals surface area contributed by atoms with Crippen molar-refractivity contribution in [2.24, 2.45) is 4.99 Å². The molecule has 0 fully saturated rings. The summed E-state index contributed by atoms with van der Waals surface area (Å²) < 4.78 is 0. The van der Waals surface area contributed by atoms with Gasteiger partial charge in [-0.15, -0.1) is 0 Å². The average molecular weight is 140 g/mol. The molecule has 2 nitrogen and oxygen atoms in total. The van der Waals surface area contributed by atoms with Crippen molar-refractivity contribution < 1.29 is 0 Å². The van der Waals surface area contributed by atoms with Gasteiger partial charge in [0, 0.05) is 12.8 Å². The predicted molar refractivity (Wildman–Crippen MR) is 46.2 cm³/mol. The van der Waals surface area contributed by atoms with E-state index in [0.29, 0.717) is 0 Å². The summed E-state index contributed by atoms with van der Waals surface area (Å²) in [5, 5.41) is 3.07. The van der Waals surface area contributed by atoms with E-state index in [2.05, 4.69) is 30.7 Å². The predicted octanol–water partition coefficient (Wildman–Crippen LogP) is 1.94. The quantitative estimate of drug-likeness (QED) is 0.580. The van der Waals surface area contributed by atoms with Crippen LogP contribution in [0.5, 0.6) is 0 Å². The maximum atomic E-state index is 4.05. The van der Waals surface area contributed by atoms with E-state index >= 15 is 0 Å². The summed E-state index contributed by atoms with van der Waals surface area (Å²) in [6.07, 6.45) is 3.93. The Hall–Kier alpha value is -0.790. The first kappa shape index (κ1) is 9.21. The Labute approximate surface area is 63.0 Å². The van der Waals surface area contributed by atoms with Crippen LogP contribution in [0.3, 0.4) is 0 Å². The average Bonchev–Trinajstić information content (AvgIpc) is 1.97. The van der Waals surface area contributed by atoms with Crippen molar-refractivity contribution in [3.05, 3.63) is 12.4 Å². The lowest BCUT2D eigenvalue weighted by Crippen LogP contribution is -2.11. The Kier molecular flexibility index (Phi) is 5.83. The standard InChI is InChI=1S/C8H16N2/c1-4-6-9-8(3)10-7-5-2/h6,10H,3-5,7H2,1-2H3/b9-6-. The second-order valence-electron chi connectivity index (χ2n) is 2.09. The van der Waals surface area contributed by atoms with Crippen LogP contribution in [0.2, 0.25) is 0 Å². The van der Waals surface area contributed by atoms with Crippen LogP contribution >= 0.6 is 0 Å². The lowest BCUT2D eigenvalue weighted by Gasteiger charge is -2.00. The molecule has 0 bridgehead atoms. The minimum absolute atomic E-state index is 0.767. The second kappa shape index (κ2) is 6.33. The van der Waals surface area contributed by atoms with Crippen LogP contribution in [-0.2, 0) is 0 Å². The molecule has 1 N–H and O–H groups in total. The highest BCUT2D eigenvalue weighted by Crippen LogP contribution is 1.85. The molecule has 0 aromatic carbocycles. The summed E-state index contributed by atoms with van der Waals surface area (Å²) in [4.78, 5) is 4.05. The molecule has 0 radical (unpaired) electrons. The van der Waals surface area contributed by atoms with Crippen LogP contribution in [0.25, 0.3) is 0 Å². The molecule has 0 saturated carbocycles. The Bertz CT molecular complexity index is 116. The third-order valence-electron chi connectivity index (χ3n) is 1.01. The third-order valence-corrected chi connectivity index (χ3v) is 1.01. The van der Waals surface area contributed by atoms with Crippen molar-refractivity contribution in [1.82, 2.24) is 5.32 Å². The number of hydrogen-bond acceptors (Lipinski definition) is 2. The van der Waals surface area contributed by atoms with Crippen LogP contribution in [0.1, 0.15) is 26.7 Å². The molecular weight excluding hydrogens is 124 g/mol. The summed E-state index contributed by atoms with van der Waals surface area (Å²) in [7, 11) is 0. The highest BCUT2D eigenvalue weighted by atomic mass is 15.0. The molecule has 0 aromatic rings. The van der Waals surface area contributed by atoms with Gasteiger partial charge in [-0.2, -0.15) is 0 Å². The molecule has 0 aromatic heterocycles. The zero-order valence-corrected chi connectivity index (χ0v) is 6.85. The summed E-state index contributed by atoms with van der Waals surface area (Å²) >= 11 is 0. The minimum Gasteiger partial charge on any atom is -0.371 e. The summed E-state index contributed by atoms with van der Waals surface area (Å²) in [5.41, 5.74) is 0. The van der Waals surface area contributed by atoms with E-state index in [9.17, 15) is 0 Å². The van der Waals surface area contributed by atoms with Crippen LogP contribution in [0, 0.1) is 0 Å². The highest BCUT2D eigenvalue weighted by Gasteiger charge is 1.83. The van der Waals surface area contributed by atoms with Gasteiger partial charge in [-0.05, 0) is 12.8 Å². The molecule has 0 saturated heterocycles. The Morgan fingerprint density at radius 2 is 2.30 bits per heavy atom. The van der Waals surface area contributed by atoms with Gasteiger partial charge in [0.15, 0.2) is 0 Å². The van der Waals surface area contributed by atoms with Gasteiger partial charge in [0.2, 0.25) is 0 Å². The summed E-state index contributed by atoms with van der Waals surface area (Å²) in [6.45, 7) is 8.85. The van der Waals surface area contributed by atoms with Gasteiger partial charge in [0.05, 0.1) is 0 Å². The first-order chi connectivity index (χ1) is 4.81.